The van der Waals surface area contributed by atoms with Gasteiger partial charge >= 0.3 is 6.18 Å². The van der Waals surface area contributed by atoms with Crippen LogP contribution in [-0.4, -0.2) is 32.5 Å². The molecular weight excluding hydrogens is 229 g/mol. The van der Waals surface area contributed by atoms with E-state index in [1.54, 1.807) is 10.0 Å². The summed E-state index contributed by atoms with van der Waals surface area (Å²) in [4.78, 5) is 0. The minimum atomic E-state index is -4.43. The van der Waals surface area contributed by atoms with Gasteiger partial charge in [-0.25, -0.2) is 8.42 Å². The first-order chi connectivity index (χ1) is 5.60. The van der Waals surface area contributed by atoms with E-state index in [9.17, 15) is 21.6 Å². The van der Waals surface area contributed by atoms with Crippen LogP contribution in [0.15, 0.2) is 0 Å². The van der Waals surface area contributed by atoms with E-state index in [1.807, 2.05) is 0 Å². The van der Waals surface area contributed by atoms with Crippen LogP contribution in [-0.2, 0) is 10.0 Å². The van der Waals surface area contributed by atoms with Gasteiger partial charge in [-0.1, -0.05) is 0 Å². The Bertz CT molecular complexity index is 284. The summed E-state index contributed by atoms with van der Waals surface area (Å²) < 4.78 is 57.2. The molecule has 0 aliphatic heterocycles. The van der Waals surface area contributed by atoms with Crippen LogP contribution < -0.4 is 10.0 Å². The molecule has 0 fully saturated rings. The zero-order chi connectivity index (χ0) is 10.7. The lowest BCUT2D eigenvalue weighted by molar-refractivity contribution is -0.121. The number of halogens is 3. The van der Waals surface area contributed by atoms with Crippen molar-refractivity contribution >= 4 is 27.4 Å². The molecular formula is C4H7F3N2O2S2. The Morgan fingerprint density at radius 2 is 1.92 bits per heavy atom. The molecule has 0 atom stereocenters. The third kappa shape index (κ3) is 9.34. The van der Waals surface area contributed by atoms with Crippen molar-refractivity contribution in [1.29, 1.82) is 0 Å². The molecule has 0 aromatic carbocycles. The quantitative estimate of drug-likeness (QED) is 0.661. The fourth-order valence-corrected chi connectivity index (χ4v) is 1.32. The van der Waals surface area contributed by atoms with E-state index in [0.29, 0.717) is 0 Å². The number of hydrogen-bond donors (Lipinski definition) is 2. The van der Waals surface area contributed by atoms with Crippen molar-refractivity contribution in [2.24, 2.45) is 0 Å². The molecule has 2 N–H and O–H groups in total. The van der Waals surface area contributed by atoms with E-state index < -0.39 is 27.9 Å². The van der Waals surface area contributed by atoms with Crippen molar-refractivity contribution < 1.29 is 21.6 Å². The second-order valence-electron chi connectivity index (χ2n) is 2.17. The van der Waals surface area contributed by atoms with Crippen LogP contribution in [0.25, 0.3) is 0 Å². The Balaban J connectivity index is 3.92. The Labute approximate surface area is 78.5 Å². The molecule has 0 amide bonds. The van der Waals surface area contributed by atoms with Crippen molar-refractivity contribution in [3.8, 4) is 0 Å². The summed E-state index contributed by atoms with van der Waals surface area (Å²) >= 11 is 4.27. The highest BCUT2D eigenvalue weighted by molar-refractivity contribution is 7.91. The summed E-state index contributed by atoms with van der Waals surface area (Å²) in [6.45, 7) is -1.37. The summed E-state index contributed by atoms with van der Waals surface area (Å²) in [6, 6.07) is 0. The topological polar surface area (TPSA) is 58.2 Å². The molecule has 78 valence electrons. The van der Waals surface area contributed by atoms with Gasteiger partial charge in [0.05, 0.1) is 6.26 Å². The van der Waals surface area contributed by atoms with Crippen molar-refractivity contribution in [2.75, 3.05) is 12.8 Å². The van der Waals surface area contributed by atoms with E-state index in [2.05, 4.69) is 12.2 Å². The van der Waals surface area contributed by atoms with E-state index >= 15 is 0 Å². The fraction of sp³-hybridized carbons (Fsp3) is 0.750. The molecule has 13 heavy (non-hydrogen) atoms. The highest BCUT2D eigenvalue weighted by atomic mass is 32.2. The summed E-state index contributed by atoms with van der Waals surface area (Å²) in [6.07, 6.45) is -3.64. The number of sulfonamides is 1. The largest absolute Gasteiger partial charge is 0.405 e. The minimum Gasteiger partial charge on any atom is -0.353 e. The Kier molecular flexibility index (Phi) is 3.91. The second-order valence-corrected chi connectivity index (χ2v) is 4.33. The van der Waals surface area contributed by atoms with E-state index in [4.69, 9.17) is 0 Å². The first kappa shape index (κ1) is 12.4. The molecule has 0 aromatic heterocycles. The molecule has 0 spiro atoms. The monoisotopic (exact) mass is 236 g/mol. The maximum Gasteiger partial charge on any atom is 0.405 e. The van der Waals surface area contributed by atoms with Crippen LogP contribution in [0.3, 0.4) is 0 Å². The predicted octanol–water partition coefficient (Wildman–Crippen LogP) is -0.0276. The summed E-state index contributed by atoms with van der Waals surface area (Å²) in [7, 11) is -3.61. The van der Waals surface area contributed by atoms with Crippen molar-refractivity contribution in [2.45, 2.75) is 6.18 Å². The second kappa shape index (κ2) is 4.09. The van der Waals surface area contributed by atoms with Crippen LogP contribution in [0.1, 0.15) is 0 Å². The van der Waals surface area contributed by atoms with Gasteiger partial charge in [-0.3, -0.25) is 4.72 Å². The van der Waals surface area contributed by atoms with E-state index in [0.717, 1.165) is 6.26 Å². The van der Waals surface area contributed by atoms with Gasteiger partial charge in [0.1, 0.15) is 6.54 Å². The Morgan fingerprint density at radius 3 is 2.23 bits per heavy atom. The van der Waals surface area contributed by atoms with Gasteiger partial charge in [-0.05, 0) is 12.2 Å². The van der Waals surface area contributed by atoms with Gasteiger partial charge in [0, 0.05) is 0 Å². The predicted molar refractivity (Wildman–Crippen MR) is 44.6 cm³/mol. The normalized spacial score (nSPS) is 12.3. The number of rotatable bonds is 2. The van der Waals surface area contributed by atoms with E-state index in [1.165, 1.54) is 0 Å². The van der Waals surface area contributed by atoms with Gasteiger partial charge in [0.15, 0.2) is 5.11 Å². The summed E-state index contributed by atoms with van der Waals surface area (Å²) in [5, 5.41) is 1.13. The van der Waals surface area contributed by atoms with Gasteiger partial charge in [0.2, 0.25) is 10.0 Å². The number of nitrogens with one attached hydrogen (secondary N) is 2. The van der Waals surface area contributed by atoms with Crippen LogP contribution in [0.2, 0.25) is 0 Å². The summed E-state index contributed by atoms with van der Waals surface area (Å²) in [5.74, 6) is 0. The Morgan fingerprint density at radius 1 is 1.46 bits per heavy atom. The maximum absolute atomic E-state index is 11.5. The third-order valence-electron chi connectivity index (χ3n) is 0.727. The van der Waals surface area contributed by atoms with Gasteiger partial charge < -0.3 is 5.32 Å². The van der Waals surface area contributed by atoms with Crippen LogP contribution in [0.5, 0.6) is 0 Å². The lowest BCUT2D eigenvalue weighted by atomic mass is 10.6. The number of thiocarbonyl (C=S) groups is 1. The average Bonchev–Trinajstić information content (AvgIpc) is 1.78. The SMILES string of the molecule is CS(=O)(=O)NC(=S)NCC(F)(F)F. The first-order valence-electron chi connectivity index (χ1n) is 2.92. The van der Waals surface area contributed by atoms with Gasteiger partial charge in [-0.15, -0.1) is 0 Å². The van der Waals surface area contributed by atoms with Crippen LogP contribution >= 0.6 is 12.2 Å². The molecule has 9 heteroatoms. The zero-order valence-electron chi connectivity index (χ0n) is 6.47. The average molecular weight is 236 g/mol. The van der Waals surface area contributed by atoms with Crippen molar-refractivity contribution in [3.05, 3.63) is 0 Å². The molecule has 4 nitrogen and oxygen atoms in total. The Hall–Kier alpha value is -0.570. The molecule has 0 aliphatic carbocycles. The minimum absolute atomic E-state index is 0.570. The van der Waals surface area contributed by atoms with Crippen LogP contribution in [0.4, 0.5) is 13.2 Å². The molecule has 0 radical (unpaired) electrons. The highest BCUT2D eigenvalue weighted by Gasteiger charge is 2.27. The first-order valence-corrected chi connectivity index (χ1v) is 5.22. The molecule has 0 aromatic rings. The summed E-state index contributed by atoms with van der Waals surface area (Å²) in [5.41, 5.74) is 0. The zero-order valence-corrected chi connectivity index (χ0v) is 8.11. The van der Waals surface area contributed by atoms with E-state index in [-0.39, 0.29) is 0 Å². The lowest BCUT2D eigenvalue weighted by Gasteiger charge is -2.10. The third-order valence-corrected chi connectivity index (χ3v) is 1.68. The number of alkyl halides is 3. The molecule has 0 bridgehead atoms. The van der Waals surface area contributed by atoms with Gasteiger partial charge in [-0.2, -0.15) is 13.2 Å². The molecule has 0 saturated carbocycles. The number of hydrogen-bond acceptors (Lipinski definition) is 3. The highest BCUT2D eigenvalue weighted by Crippen LogP contribution is 2.11. The van der Waals surface area contributed by atoms with Crippen molar-refractivity contribution in [1.82, 2.24) is 10.0 Å². The molecule has 0 saturated heterocycles. The molecule has 0 aliphatic rings. The van der Waals surface area contributed by atoms with Crippen LogP contribution in [0, 0.1) is 0 Å². The molecule has 0 rings (SSSR count). The molecule has 0 heterocycles. The molecule has 0 unspecified atom stereocenters. The standard InChI is InChI=1S/C4H7F3N2O2S2/c1-13(10,11)9-3(12)8-2-4(5,6)7/h2H2,1H3,(H2,8,9,12). The fourth-order valence-electron chi connectivity index (χ4n) is 0.385. The smallest absolute Gasteiger partial charge is 0.353 e. The van der Waals surface area contributed by atoms with Crippen molar-refractivity contribution in [3.63, 3.8) is 0 Å². The lowest BCUT2D eigenvalue weighted by Crippen LogP contribution is -2.42. The van der Waals surface area contributed by atoms with Gasteiger partial charge in [0.25, 0.3) is 0 Å². The maximum atomic E-state index is 11.5.